The van der Waals surface area contributed by atoms with Gasteiger partial charge in [-0.05, 0) is 81.9 Å². The lowest BCUT2D eigenvalue weighted by atomic mass is 10.1. The first kappa shape index (κ1) is 21.1. The third-order valence-electron chi connectivity index (χ3n) is 3.55. The average molecular weight is 448 g/mol. The van der Waals surface area contributed by atoms with E-state index in [-0.39, 0.29) is 22.5 Å². The van der Waals surface area contributed by atoms with Crippen LogP contribution in [0.3, 0.4) is 0 Å². The Kier molecular flexibility index (Phi) is 6.73. The zero-order valence-corrected chi connectivity index (χ0v) is 18.0. The highest BCUT2D eigenvalue weighted by Gasteiger charge is 2.15. The molecule has 0 saturated heterocycles. The van der Waals surface area contributed by atoms with Gasteiger partial charge in [-0.2, -0.15) is 0 Å². The number of hydrogen-bond donors (Lipinski definition) is 3. The SMILES string of the molecule is Cc1ccc(C(=O)NC(=S)Nc2ccc(C(=O)NC(C)(C)C)cc2)cc1Br. The van der Waals surface area contributed by atoms with Crippen LogP contribution in [0.2, 0.25) is 0 Å². The van der Waals surface area contributed by atoms with E-state index in [1.165, 1.54) is 0 Å². The molecule has 0 saturated carbocycles. The monoisotopic (exact) mass is 447 g/mol. The number of hydrogen-bond acceptors (Lipinski definition) is 3. The van der Waals surface area contributed by atoms with Crippen LogP contribution < -0.4 is 16.0 Å². The molecule has 5 nitrogen and oxygen atoms in total. The second-order valence-electron chi connectivity index (χ2n) is 7.15. The lowest BCUT2D eigenvalue weighted by molar-refractivity contribution is 0.0918. The quantitative estimate of drug-likeness (QED) is 0.609. The van der Waals surface area contributed by atoms with Crippen LogP contribution >= 0.6 is 28.1 Å². The highest BCUT2D eigenvalue weighted by Crippen LogP contribution is 2.17. The van der Waals surface area contributed by atoms with Crippen LogP contribution in [0.5, 0.6) is 0 Å². The van der Waals surface area contributed by atoms with E-state index in [1.807, 2.05) is 33.8 Å². The fraction of sp³-hybridized carbons (Fsp3) is 0.250. The molecule has 0 aromatic heterocycles. The number of thiocarbonyl (C=S) groups is 1. The summed E-state index contributed by atoms with van der Waals surface area (Å²) in [6.45, 7) is 7.72. The van der Waals surface area contributed by atoms with Crippen molar-refractivity contribution in [3.8, 4) is 0 Å². The summed E-state index contributed by atoms with van der Waals surface area (Å²) < 4.78 is 0.859. The smallest absolute Gasteiger partial charge is 0.257 e. The second kappa shape index (κ2) is 8.63. The van der Waals surface area contributed by atoms with Gasteiger partial charge >= 0.3 is 0 Å². The lowest BCUT2D eigenvalue weighted by Crippen LogP contribution is -2.40. The predicted octanol–water partition coefficient (Wildman–Crippen LogP) is 4.41. The van der Waals surface area contributed by atoms with Crippen LogP contribution in [0.1, 0.15) is 47.1 Å². The van der Waals surface area contributed by atoms with Gasteiger partial charge < -0.3 is 10.6 Å². The summed E-state index contributed by atoms with van der Waals surface area (Å²) in [4.78, 5) is 24.4. The first-order valence-corrected chi connectivity index (χ1v) is 9.56. The Morgan fingerprint density at radius 3 is 2.11 bits per heavy atom. The van der Waals surface area contributed by atoms with Gasteiger partial charge in [0.2, 0.25) is 0 Å². The Hall–Kier alpha value is -2.25. The van der Waals surface area contributed by atoms with E-state index >= 15 is 0 Å². The summed E-state index contributed by atoms with van der Waals surface area (Å²) >= 11 is 8.60. The maximum absolute atomic E-state index is 12.3. The summed E-state index contributed by atoms with van der Waals surface area (Å²) in [5, 5.41) is 8.67. The summed E-state index contributed by atoms with van der Waals surface area (Å²) in [5.41, 5.74) is 2.48. The van der Waals surface area contributed by atoms with E-state index in [1.54, 1.807) is 36.4 Å². The second-order valence-corrected chi connectivity index (χ2v) is 8.42. The van der Waals surface area contributed by atoms with Crippen molar-refractivity contribution >= 4 is 50.8 Å². The molecule has 0 atom stereocenters. The zero-order valence-electron chi connectivity index (χ0n) is 15.6. The van der Waals surface area contributed by atoms with Crippen molar-refractivity contribution in [2.24, 2.45) is 0 Å². The molecular formula is C20H22BrN3O2S. The minimum Gasteiger partial charge on any atom is -0.347 e. The third kappa shape index (κ3) is 6.45. The Bertz CT molecular complexity index is 874. The van der Waals surface area contributed by atoms with Crippen molar-refractivity contribution in [3.63, 3.8) is 0 Å². The molecule has 3 N–H and O–H groups in total. The largest absolute Gasteiger partial charge is 0.347 e. The van der Waals surface area contributed by atoms with Crippen molar-refractivity contribution in [1.29, 1.82) is 0 Å². The van der Waals surface area contributed by atoms with Crippen LogP contribution in [-0.4, -0.2) is 22.5 Å². The van der Waals surface area contributed by atoms with Gasteiger partial charge in [-0.25, -0.2) is 0 Å². The number of halogens is 1. The molecular weight excluding hydrogens is 426 g/mol. The highest BCUT2D eigenvalue weighted by atomic mass is 79.9. The number of aryl methyl sites for hydroxylation is 1. The van der Waals surface area contributed by atoms with Crippen LogP contribution in [-0.2, 0) is 0 Å². The van der Waals surface area contributed by atoms with Gasteiger partial charge in [0.05, 0.1) is 0 Å². The van der Waals surface area contributed by atoms with Crippen molar-refractivity contribution in [3.05, 3.63) is 63.6 Å². The third-order valence-corrected chi connectivity index (χ3v) is 4.61. The molecule has 0 bridgehead atoms. The molecule has 142 valence electrons. The van der Waals surface area contributed by atoms with Crippen molar-refractivity contribution in [1.82, 2.24) is 10.6 Å². The number of carbonyl (C=O) groups excluding carboxylic acids is 2. The summed E-state index contributed by atoms with van der Waals surface area (Å²) in [5.74, 6) is -0.441. The minimum absolute atomic E-state index is 0.144. The van der Waals surface area contributed by atoms with Gasteiger partial charge in [-0.15, -0.1) is 0 Å². The topological polar surface area (TPSA) is 70.2 Å². The number of benzene rings is 2. The Morgan fingerprint density at radius 2 is 1.56 bits per heavy atom. The number of nitrogens with one attached hydrogen (secondary N) is 3. The highest BCUT2D eigenvalue weighted by molar-refractivity contribution is 9.10. The van der Waals surface area contributed by atoms with Gasteiger partial charge in [-0.3, -0.25) is 14.9 Å². The zero-order chi connectivity index (χ0) is 20.2. The molecule has 0 aliphatic carbocycles. The summed E-state index contributed by atoms with van der Waals surface area (Å²) in [6.07, 6.45) is 0. The Morgan fingerprint density at radius 1 is 0.963 bits per heavy atom. The van der Waals surface area contributed by atoms with Gasteiger partial charge in [-0.1, -0.05) is 22.0 Å². The van der Waals surface area contributed by atoms with Gasteiger partial charge in [0.25, 0.3) is 11.8 Å². The van der Waals surface area contributed by atoms with Crippen LogP contribution in [0.4, 0.5) is 5.69 Å². The standard InChI is InChI=1S/C20H22BrN3O2S/c1-12-5-6-14(11-16(12)21)17(25)23-19(27)22-15-9-7-13(8-10-15)18(26)24-20(2,3)4/h5-11H,1-4H3,(H,24,26)(H2,22,23,25,27). The van der Waals surface area contributed by atoms with E-state index in [4.69, 9.17) is 12.2 Å². The van der Waals surface area contributed by atoms with Gasteiger partial charge in [0, 0.05) is 26.8 Å². The molecule has 7 heteroatoms. The molecule has 0 aliphatic heterocycles. The normalized spacial score (nSPS) is 10.9. The van der Waals surface area contributed by atoms with E-state index in [0.717, 1.165) is 10.0 Å². The van der Waals surface area contributed by atoms with Crippen LogP contribution in [0.15, 0.2) is 46.9 Å². The molecule has 2 amide bonds. The minimum atomic E-state index is -0.301. The van der Waals surface area contributed by atoms with E-state index in [9.17, 15) is 9.59 Å². The molecule has 0 heterocycles. The Labute approximate surface area is 173 Å². The first-order chi connectivity index (χ1) is 12.5. The molecule has 0 unspecified atom stereocenters. The van der Waals surface area contributed by atoms with Crippen molar-refractivity contribution in [2.45, 2.75) is 33.2 Å². The summed E-state index contributed by atoms with van der Waals surface area (Å²) in [7, 11) is 0. The van der Waals surface area contributed by atoms with Gasteiger partial charge in [0.1, 0.15) is 0 Å². The number of anilines is 1. The first-order valence-electron chi connectivity index (χ1n) is 8.36. The molecule has 2 aromatic carbocycles. The number of carbonyl (C=O) groups is 2. The predicted molar refractivity (Wildman–Crippen MR) is 116 cm³/mol. The Balaban J connectivity index is 1.96. The van der Waals surface area contributed by atoms with E-state index in [0.29, 0.717) is 16.8 Å². The maximum Gasteiger partial charge on any atom is 0.257 e. The van der Waals surface area contributed by atoms with E-state index in [2.05, 4.69) is 31.9 Å². The lowest BCUT2D eigenvalue weighted by Gasteiger charge is -2.20. The van der Waals surface area contributed by atoms with Crippen LogP contribution in [0, 0.1) is 6.92 Å². The molecule has 0 aliphatic rings. The number of amides is 2. The van der Waals surface area contributed by atoms with Crippen molar-refractivity contribution < 1.29 is 9.59 Å². The fourth-order valence-corrected chi connectivity index (χ4v) is 2.78. The molecule has 0 spiro atoms. The molecule has 2 rings (SSSR count). The fourth-order valence-electron chi connectivity index (χ4n) is 2.19. The van der Waals surface area contributed by atoms with Crippen LogP contribution in [0.25, 0.3) is 0 Å². The molecule has 0 radical (unpaired) electrons. The summed E-state index contributed by atoms with van der Waals surface area (Å²) in [6, 6.07) is 12.2. The number of rotatable bonds is 3. The van der Waals surface area contributed by atoms with Crippen molar-refractivity contribution in [2.75, 3.05) is 5.32 Å². The average Bonchev–Trinajstić information content (AvgIpc) is 2.56. The molecule has 2 aromatic rings. The van der Waals surface area contributed by atoms with Gasteiger partial charge in [0.15, 0.2) is 5.11 Å². The van der Waals surface area contributed by atoms with E-state index < -0.39 is 0 Å². The maximum atomic E-state index is 12.3. The molecule has 27 heavy (non-hydrogen) atoms. The molecule has 0 fully saturated rings.